The summed E-state index contributed by atoms with van der Waals surface area (Å²) in [6, 6.07) is 0. The van der Waals surface area contributed by atoms with E-state index < -0.39 is 0 Å². The van der Waals surface area contributed by atoms with Crippen molar-refractivity contribution in [2.75, 3.05) is 18.8 Å². The Bertz CT molecular complexity index is 402. The van der Waals surface area contributed by atoms with Crippen molar-refractivity contribution in [2.45, 2.75) is 26.0 Å². The molecule has 1 saturated heterocycles. The van der Waals surface area contributed by atoms with Crippen LogP contribution in [0, 0.1) is 5.92 Å². The second-order valence-electron chi connectivity index (χ2n) is 4.60. The van der Waals surface area contributed by atoms with Crippen LogP contribution in [0.5, 0.6) is 0 Å². The maximum Gasteiger partial charge on any atom is 0.244 e. The number of anilines is 1. The van der Waals surface area contributed by atoms with Gasteiger partial charge in [0, 0.05) is 25.2 Å². The summed E-state index contributed by atoms with van der Waals surface area (Å²) >= 11 is 0. The van der Waals surface area contributed by atoms with Crippen LogP contribution in [0.1, 0.15) is 13.3 Å². The highest BCUT2D eigenvalue weighted by Crippen LogP contribution is 2.19. The topological polar surface area (TPSA) is 84.4 Å². The summed E-state index contributed by atoms with van der Waals surface area (Å²) in [5.41, 5.74) is 6.08. The van der Waals surface area contributed by atoms with Gasteiger partial charge in [-0.15, -0.1) is 0 Å². The SMILES string of the molecule is CC(O)C1CCN(C(=O)Cn2cc(N)cn2)C1. The molecule has 6 nitrogen and oxygen atoms in total. The number of likely N-dealkylation sites (tertiary alicyclic amines) is 1. The average molecular weight is 238 g/mol. The number of amides is 1. The van der Waals surface area contributed by atoms with E-state index in [1.165, 1.54) is 10.9 Å². The standard InChI is InChI=1S/C11H18N4O2/c1-8(16)9-2-3-14(5-9)11(17)7-15-6-10(12)4-13-15/h4,6,8-9,16H,2-3,5,7,12H2,1H3. The first kappa shape index (κ1) is 11.9. The average Bonchev–Trinajstić information content (AvgIpc) is 2.86. The molecule has 6 heteroatoms. The van der Waals surface area contributed by atoms with Gasteiger partial charge in [-0.3, -0.25) is 9.48 Å². The number of aliphatic hydroxyl groups is 1. The molecular formula is C11H18N4O2. The Labute approximate surface area is 100 Å². The van der Waals surface area contributed by atoms with Gasteiger partial charge in [0.05, 0.1) is 18.0 Å². The monoisotopic (exact) mass is 238 g/mol. The highest BCUT2D eigenvalue weighted by Gasteiger charge is 2.28. The largest absolute Gasteiger partial charge is 0.396 e. The van der Waals surface area contributed by atoms with Crippen LogP contribution < -0.4 is 5.73 Å². The van der Waals surface area contributed by atoms with Crippen molar-refractivity contribution in [3.05, 3.63) is 12.4 Å². The summed E-state index contributed by atoms with van der Waals surface area (Å²) in [6.07, 6.45) is 3.67. The molecule has 2 unspecified atom stereocenters. The van der Waals surface area contributed by atoms with Gasteiger partial charge in [0.15, 0.2) is 0 Å². The molecule has 0 saturated carbocycles. The molecule has 1 aliphatic rings. The Morgan fingerprint density at radius 1 is 1.76 bits per heavy atom. The van der Waals surface area contributed by atoms with Crippen LogP contribution in [0.3, 0.4) is 0 Å². The van der Waals surface area contributed by atoms with E-state index in [0.717, 1.165) is 6.42 Å². The van der Waals surface area contributed by atoms with Crippen molar-refractivity contribution in [1.82, 2.24) is 14.7 Å². The number of carbonyl (C=O) groups is 1. The molecule has 17 heavy (non-hydrogen) atoms. The molecule has 1 aromatic heterocycles. The second-order valence-corrected chi connectivity index (χ2v) is 4.60. The highest BCUT2D eigenvalue weighted by molar-refractivity contribution is 5.76. The first-order chi connectivity index (χ1) is 8.06. The minimum absolute atomic E-state index is 0.0243. The van der Waals surface area contributed by atoms with Crippen molar-refractivity contribution in [1.29, 1.82) is 0 Å². The third kappa shape index (κ3) is 2.76. The Kier molecular flexibility index (Phi) is 3.33. The van der Waals surface area contributed by atoms with Gasteiger partial charge in [-0.05, 0) is 13.3 Å². The summed E-state index contributed by atoms with van der Waals surface area (Å²) in [5, 5.41) is 13.4. The van der Waals surface area contributed by atoms with E-state index in [1.54, 1.807) is 18.0 Å². The zero-order valence-corrected chi connectivity index (χ0v) is 9.91. The van der Waals surface area contributed by atoms with E-state index in [2.05, 4.69) is 5.10 Å². The number of nitrogens with zero attached hydrogens (tertiary/aromatic N) is 3. The molecule has 2 rings (SSSR count). The third-order valence-electron chi connectivity index (χ3n) is 3.21. The van der Waals surface area contributed by atoms with Crippen LogP contribution in [-0.4, -0.2) is 44.9 Å². The van der Waals surface area contributed by atoms with Crippen LogP contribution in [0.15, 0.2) is 12.4 Å². The van der Waals surface area contributed by atoms with Crippen molar-refractivity contribution in [2.24, 2.45) is 5.92 Å². The number of aromatic nitrogens is 2. The fourth-order valence-electron chi connectivity index (χ4n) is 2.11. The lowest BCUT2D eigenvalue weighted by Gasteiger charge is -2.17. The van der Waals surface area contributed by atoms with Gasteiger partial charge in [0.2, 0.25) is 5.91 Å². The van der Waals surface area contributed by atoms with E-state index in [-0.39, 0.29) is 24.5 Å². The van der Waals surface area contributed by atoms with Crippen LogP contribution in [0.2, 0.25) is 0 Å². The van der Waals surface area contributed by atoms with Gasteiger partial charge in [-0.25, -0.2) is 0 Å². The first-order valence-corrected chi connectivity index (χ1v) is 5.80. The molecule has 2 atom stereocenters. The quantitative estimate of drug-likeness (QED) is 0.757. The molecule has 1 aliphatic heterocycles. The third-order valence-corrected chi connectivity index (χ3v) is 3.21. The number of nitrogens with two attached hydrogens (primary N) is 1. The van der Waals surface area contributed by atoms with Crippen molar-refractivity contribution in [3.63, 3.8) is 0 Å². The zero-order chi connectivity index (χ0) is 12.4. The summed E-state index contributed by atoms with van der Waals surface area (Å²) < 4.78 is 1.54. The normalized spacial score (nSPS) is 21.8. The van der Waals surface area contributed by atoms with Gasteiger partial charge >= 0.3 is 0 Å². The second kappa shape index (κ2) is 4.75. The van der Waals surface area contributed by atoms with Gasteiger partial charge < -0.3 is 15.7 Å². The number of aliphatic hydroxyl groups excluding tert-OH is 1. The van der Waals surface area contributed by atoms with Crippen LogP contribution in [0.4, 0.5) is 5.69 Å². The number of rotatable bonds is 3. The van der Waals surface area contributed by atoms with Crippen LogP contribution in [0.25, 0.3) is 0 Å². The van der Waals surface area contributed by atoms with E-state index in [1.807, 2.05) is 0 Å². The molecule has 0 bridgehead atoms. The number of hydrogen-bond donors (Lipinski definition) is 2. The Balaban J connectivity index is 1.89. The van der Waals surface area contributed by atoms with Gasteiger partial charge in [0.1, 0.15) is 6.54 Å². The predicted molar refractivity (Wildman–Crippen MR) is 63.0 cm³/mol. The molecule has 1 amide bonds. The van der Waals surface area contributed by atoms with Gasteiger partial charge in [-0.2, -0.15) is 5.10 Å². The van der Waals surface area contributed by atoms with Crippen LogP contribution >= 0.6 is 0 Å². The van der Waals surface area contributed by atoms with Crippen LogP contribution in [-0.2, 0) is 11.3 Å². The first-order valence-electron chi connectivity index (χ1n) is 5.80. The molecule has 94 valence electrons. The maximum atomic E-state index is 11.9. The highest BCUT2D eigenvalue weighted by atomic mass is 16.3. The summed E-state index contributed by atoms with van der Waals surface area (Å²) in [5.74, 6) is 0.220. The maximum absolute atomic E-state index is 11.9. The smallest absolute Gasteiger partial charge is 0.244 e. The summed E-state index contributed by atoms with van der Waals surface area (Å²) in [4.78, 5) is 13.7. The number of hydrogen-bond acceptors (Lipinski definition) is 4. The molecule has 3 N–H and O–H groups in total. The molecule has 0 spiro atoms. The number of nitrogen functional groups attached to an aromatic ring is 1. The molecule has 1 fully saturated rings. The lowest BCUT2D eigenvalue weighted by atomic mass is 10.0. The minimum Gasteiger partial charge on any atom is -0.396 e. The number of carbonyl (C=O) groups excluding carboxylic acids is 1. The Morgan fingerprint density at radius 2 is 2.53 bits per heavy atom. The lowest BCUT2D eigenvalue weighted by molar-refractivity contribution is -0.131. The fraction of sp³-hybridized carbons (Fsp3) is 0.636. The summed E-state index contributed by atoms with van der Waals surface area (Å²) in [6.45, 7) is 3.33. The predicted octanol–water partition coefficient (Wildman–Crippen LogP) is -0.305. The molecule has 0 radical (unpaired) electrons. The van der Waals surface area contributed by atoms with E-state index in [9.17, 15) is 9.90 Å². The Hall–Kier alpha value is -1.56. The fourth-order valence-corrected chi connectivity index (χ4v) is 2.11. The van der Waals surface area contributed by atoms with Gasteiger partial charge in [0.25, 0.3) is 0 Å². The van der Waals surface area contributed by atoms with E-state index in [0.29, 0.717) is 18.8 Å². The molecule has 1 aromatic rings. The lowest BCUT2D eigenvalue weighted by Crippen LogP contribution is -2.33. The molecular weight excluding hydrogens is 220 g/mol. The van der Waals surface area contributed by atoms with Crippen molar-refractivity contribution >= 4 is 11.6 Å². The van der Waals surface area contributed by atoms with Gasteiger partial charge in [-0.1, -0.05) is 0 Å². The van der Waals surface area contributed by atoms with Crippen molar-refractivity contribution in [3.8, 4) is 0 Å². The molecule has 0 aromatic carbocycles. The van der Waals surface area contributed by atoms with E-state index in [4.69, 9.17) is 5.73 Å². The zero-order valence-electron chi connectivity index (χ0n) is 9.91. The van der Waals surface area contributed by atoms with E-state index >= 15 is 0 Å². The van der Waals surface area contributed by atoms with Crippen molar-refractivity contribution < 1.29 is 9.90 Å². The molecule has 2 heterocycles. The minimum atomic E-state index is -0.354. The summed E-state index contributed by atoms with van der Waals surface area (Å²) in [7, 11) is 0. The molecule has 0 aliphatic carbocycles. The Morgan fingerprint density at radius 3 is 3.06 bits per heavy atom.